The Hall–Kier alpha value is -13.0. The van der Waals surface area contributed by atoms with Gasteiger partial charge < -0.3 is 35.6 Å². The molecule has 32 heteroatoms. The van der Waals surface area contributed by atoms with E-state index in [4.69, 9.17) is 4.98 Å². The van der Waals surface area contributed by atoms with Crippen LogP contribution in [0.5, 0.6) is 0 Å². The molecule has 5 saturated heterocycles. The van der Waals surface area contributed by atoms with Crippen molar-refractivity contribution in [2.24, 2.45) is 0 Å². The number of imidazole rings is 4. The molecule has 0 bridgehead atoms. The van der Waals surface area contributed by atoms with E-state index in [0.717, 1.165) is 153 Å². The Morgan fingerprint density at radius 3 is 1.07 bits per heavy atom. The summed E-state index contributed by atoms with van der Waals surface area (Å²) in [5.41, 5.74) is 17.7. The first-order chi connectivity index (χ1) is 55.8. The lowest BCUT2D eigenvalue weighted by Crippen LogP contribution is -2.54. The summed E-state index contributed by atoms with van der Waals surface area (Å²) in [6.07, 6.45) is 18.7. The molecule has 0 spiro atoms. The largest absolute Gasteiger partial charge is 0.369 e. The number of nitrogens with one attached hydrogen (secondary N) is 3. The second kappa shape index (κ2) is 30.8. The van der Waals surface area contributed by atoms with E-state index in [1.54, 1.807) is 47.8 Å². The summed E-state index contributed by atoms with van der Waals surface area (Å²) < 4.78 is 13.3. The van der Waals surface area contributed by atoms with Gasteiger partial charge in [-0.2, -0.15) is 20.4 Å². The minimum Gasteiger partial charge on any atom is -0.369 e. The van der Waals surface area contributed by atoms with Crippen molar-refractivity contribution >= 4 is 67.9 Å². The van der Waals surface area contributed by atoms with Crippen molar-refractivity contribution in [3.8, 4) is 45.6 Å². The molecule has 115 heavy (non-hydrogen) atoms. The minimum atomic E-state index is -0.119. The monoisotopic (exact) mass is 1540 g/mol. The molecule has 21 heterocycles. The lowest BCUT2D eigenvalue weighted by Gasteiger charge is -2.38. The van der Waals surface area contributed by atoms with Crippen LogP contribution in [-0.2, 0) is 0 Å². The average Bonchev–Trinajstić information content (AvgIpc) is 1.69. The molecule has 0 unspecified atom stereocenters. The molecule has 584 valence electrons. The van der Waals surface area contributed by atoms with Gasteiger partial charge in [0.1, 0.15) is 45.4 Å². The van der Waals surface area contributed by atoms with E-state index in [2.05, 4.69) is 123 Å². The zero-order chi connectivity index (χ0) is 78.7. The van der Waals surface area contributed by atoms with Crippen molar-refractivity contribution in [1.29, 1.82) is 0 Å². The van der Waals surface area contributed by atoms with Crippen LogP contribution < -0.4 is 57.8 Å². The van der Waals surface area contributed by atoms with Gasteiger partial charge in [0.25, 0.3) is 22.2 Å². The molecule has 5 aliphatic rings. The van der Waals surface area contributed by atoms with E-state index in [1.807, 2.05) is 168 Å². The number of nitrogens with zero attached hydrogens (tertiary/aromatic N) is 25. The van der Waals surface area contributed by atoms with Gasteiger partial charge in [-0.25, -0.2) is 57.9 Å². The van der Waals surface area contributed by atoms with Gasteiger partial charge in [-0.15, -0.1) is 0 Å². The molecular formula is C83H88N28O4. The summed E-state index contributed by atoms with van der Waals surface area (Å²) in [5, 5.41) is 28.6. The third-order valence-corrected chi connectivity index (χ3v) is 21.7. The first-order valence-electron chi connectivity index (χ1n) is 39.3. The third kappa shape index (κ3) is 15.5. The zero-order valence-corrected chi connectivity index (χ0v) is 65.1. The van der Waals surface area contributed by atoms with Crippen LogP contribution in [0.15, 0.2) is 190 Å². The first-order valence-corrected chi connectivity index (χ1v) is 39.3. The summed E-state index contributed by atoms with van der Waals surface area (Å²) in [7, 11) is 0. The van der Waals surface area contributed by atoms with E-state index in [0.29, 0.717) is 92.3 Å². The Bertz CT molecular complexity index is 6460. The van der Waals surface area contributed by atoms with Crippen LogP contribution in [0.2, 0.25) is 0 Å². The summed E-state index contributed by atoms with van der Waals surface area (Å²) in [6.45, 7) is 27.0. The molecule has 0 aromatic carbocycles. The van der Waals surface area contributed by atoms with Crippen LogP contribution in [-0.4, -0.2) is 210 Å². The molecule has 0 radical (unpaired) electrons. The minimum absolute atomic E-state index is 0.0972. The number of anilines is 4. The van der Waals surface area contributed by atoms with Crippen molar-refractivity contribution in [1.82, 2.24) is 117 Å². The van der Waals surface area contributed by atoms with Gasteiger partial charge in [0, 0.05) is 145 Å². The van der Waals surface area contributed by atoms with Crippen LogP contribution in [0, 0.1) is 27.7 Å². The fourth-order valence-corrected chi connectivity index (χ4v) is 16.2. The molecular weight excluding hydrogens is 1450 g/mol. The fraction of sp³-hybridized carbons (Fsp3) is 0.325. The summed E-state index contributed by atoms with van der Waals surface area (Å²) in [6, 6.07) is 38.8. The standard InChI is InChI=1S/C22H23N7O.C21H23N7O.2C20H21N7O/c1-15-12-29-21(23-15)7-5-18(25-29)19-11-22(30)28-14-17(4-6-20(28)24-19)27-10-9-26-8-2-3-16(26)13-27;1-13-9-26(10-14(2)22-13)16-4-6-19-24-18(8-21(29)27(19)12-16)17-5-7-20-23-15(3)11-28(20)25-17;1-13-10-25(8-7-21-13)15-3-5-18-23-17(9-20(28)26(18)12-15)16-4-6-19-22-14(2)11-27(19)24-16;1-14-12-27-19(22-14)6-4-16(24-27)17-11-20(28)26-13-15(3-5-18(26)23-17)25-9-2-7-21-8-10-25/h4-7,11-12,14,16H,2-3,8-10,13H2,1H3;4-8,11-14,22H,9-10H2,1-3H3;3-6,9,11-13,21H,7-8,10H2,1-2H3;3-6,11-13,21H,2,7-10H2,1H3/t16-;13-,14+;13-;/m0.1./s1. The Kier molecular flexibility index (Phi) is 19.7. The highest BCUT2D eigenvalue weighted by atomic mass is 16.1. The molecule has 16 aromatic rings. The van der Waals surface area contributed by atoms with Gasteiger partial charge in [-0.3, -0.25) is 41.7 Å². The molecule has 5 fully saturated rings. The maximum Gasteiger partial charge on any atom is 0.258 e. The maximum atomic E-state index is 12.9. The number of hydrogen-bond donors (Lipinski definition) is 3. The van der Waals surface area contributed by atoms with Gasteiger partial charge in [0.2, 0.25) is 0 Å². The van der Waals surface area contributed by atoms with Crippen molar-refractivity contribution in [2.45, 2.75) is 91.9 Å². The zero-order valence-electron chi connectivity index (χ0n) is 65.1. The fourth-order valence-electron chi connectivity index (χ4n) is 16.2. The Morgan fingerprint density at radius 2 is 0.670 bits per heavy atom. The number of aromatic nitrogens is 20. The quantitative estimate of drug-likeness (QED) is 0.139. The van der Waals surface area contributed by atoms with Crippen LogP contribution in [0.3, 0.4) is 0 Å². The second-order valence-corrected chi connectivity index (χ2v) is 30.5. The van der Waals surface area contributed by atoms with Gasteiger partial charge in [-0.05, 0) is 178 Å². The van der Waals surface area contributed by atoms with Crippen molar-refractivity contribution in [3.63, 3.8) is 0 Å². The molecule has 4 atom stereocenters. The predicted molar refractivity (Wildman–Crippen MR) is 443 cm³/mol. The van der Waals surface area contributed by atoms with Gasteiger partial charge >= 0.3 is 0 Å². The second-order valence-electron chi connectivity index (χ2n) is 30.5. The molecule has 32 nitrogen and oxygen atoms in total. The smallest absolute Gasteiger partial charge is 0.258 e. The summed E-state index contributed by atoms with van der Waals surface area (Å²) in [5.74, 6) is 0. The van der Waals surface area contributed by atoms with E-state index in [-0.39, 0.29) is 22.2 Å². The van der Waals surface area contributed by atoms with Gasteiger partial charge in [0.15, 0.2) is 22.6 Å². The SMILES string of the molecule is Cc1cn2nc(-c3cc(=O)n4cc(N5CCCNCC5)ccc4n3)ccc2n1.Cc1cn2nc(-c3cc(=O)n4cc(N5CCN6CCC[C@H]6C5)ccc4n3)ccc2n1.Cc1cn2nc(-c3cc(=O)n4cc(N5CCN[C@H](C)C5)ccc4n3)ccc2n1.Cc1cn2nc(-c3cc(=O)n4cc(N5C[C@@H](C)N[C@@H](C)C5)ccc4n3)ccc2n1. The van der Waals surface area contributed by atoms with Crippen molar-refractivity contribution in [3.05, 3.63) is 235 Å². The molecule has 0 amide bonds. The van der Waals surface area contributed by atoms with E-state index in [9.17, 15) is 19.2 Å². The highest BCUT2D eigenvalue weighted by Gasteiger charge is 2.31. The number of pyridine rings is 4. The first kappa shape index (κ1) is 73.4. The van der Waals surface area contributed by atoms with Crippen LogP contribution in [0.4, 0.5) is 22.7 Å². The Morgan fingerprint density at radius 1 is 0.313 bits per heavy atom. The Labute approximate surface area is 658 Å². The molecule has 3 N–H and O–H groups in total. The molecule has 0 aliphatic carbocycles. The van der Waals surface area contributed by atoms with E-state index in [1.165, 1.54) is 31.5 Å². The van der Waals surface area contributed by atoms with Crippen molar-refractivity contribution in [2.75, 3.05) is 105 Å². The number of fused-ring (bicyclic) bond motifs is 9. The number of hydrogen-bond acceptors (Lipinski definition) is 24. The topological polar surface area (TPSA) is 311 Å². The van der Waals surface area contributed by atoms with Crippen LogP contribution >= 0.6 is 0 Å². The lowest BCUT2D eigenvalue weighted by atomic mass is 10.1. The van der Waals surface area contributed by atoms with Gasteiger partial charge in [-0.1, -0.05) is 0 Å². The van der Waals surface area contributed by atoms with E-state index < -0.39 is 0 Å². The molecule has 16 aromatic heterocycles. The molecule has 21 rings (SSSR count). The molecule has 0 saturated carbocycles. The highest BCUT2D eigenvalue weighted by molar-refractivity contribution is 5.66. The van der Waals surface area contributed by atoms with Crippen molar-refractivity contribution < 1.29 is 0 Å². The number of piperazine rings is 3. The third-order valence-electron chi connectivity index (χ3n) is 21.7. The Balaban J connectivity index is 0.000000106. The van der Waals surface area contributed by atoms with E-state index >= 15 is 0 Å². The summed E-state index contributed by atoms with van der Waals surface area (Å²) >= 11 is 0. The number of aryl methyl sites for hydroxylation is 4. The van der Waals surface area contributed by atoms with Gasteiger partial charge in [0.05, 0.1) is 93.1 Å². The number of rotatable bonds is 8. The van der Waals surface area contributed by atoms with Crippen LogP contribution in [0.25, 0.3) is 90.7 Å². The lowest BCUT2D eigenvalue weighted by molar-refractivity contribution is 0.231. The average molecular weight is 1540 g/mol. The predicted octanol–water partition coefficient (Wildman–Crippen LogP) is 6.92. The highest BCUT2D eigenvalue weighted by Crippen LogP contribution is 2.28. The maximum absolute atomic E-state index is 12.9. The molecule has 5 aliphatic heterocycles. The normalized spacial score (nSPS) is 18.1. The summed E-state index contributed by atoms with van der Waals surface area (Å²) in [4.78, 5) is 99.4. The van der Waals surface area contributed by atoms with Crippen LogP contribution in [0.1, 0.15) is 62.8 Å².